The Morgan fingerprint density at radius 2 is 1.87 bits per heavy atom. The number of nitrogens with two attached hydrogens (primary N) is 1. The molecule has 1 saturated carbocycles. The van der Waals surface area contributed by atoms with Gasteiger partial charge in [-0.2, -0.15) is 0 Å². The topological polar surface area (TPSA) is 77.2 Å². The highest BCUT2D eigenvalue weighted by Crippen LogP contribution is 2.24. The summed E-state index contributed by atoms with van der Waals surface area (Å²) in [7, 11) is 0. The molecule has 0 atom stereocenters. The van der Waals surface area contributed by atoms with Gasteiger partial charge in [0, 0.05) is 25.2 Å². The van der Waals surface area contributed by atoms with Crippen molar-refractivity contribution in [3.8, 4) is 0 Å². The molecule has 0 spiro atoms. The molecule has 0 aromatic rings. The molecule has 2 N–H and O–H groups in total. The average Bonchev–Trinajstić information content (AvgIpc) is 2.16. The van der Waals surface area contributed by atoms with Crippen LogP contribution in [0.1, 0.15) is 26.2 Å². The second-order valence-corrected chi connectivity index (χ2v) is 4.16. The molecule has 0 aliphatic heterocycles. The Kier molecular flexibility index (Phi) is 3.68. The molecule has 1 rings (SSSR count). The Hall–Kier alpha value is -1.10. The molecule has 1 fully saturated rings. The van der Waals surface area contributed by atoms with Gasteiger partial charge >= 0.3 is 0 Å². The first kappa shape index (κ1) is 12.0. The normalized spacial score (nSPS) is 26.5. The summed E-state index contributed by atoms with van der Waals surface area (Å²) in [6.45, 7) is 1.64. The summed E-state index contributed by atoms with van der Waals surface area (Å²) < 4.78 is 0. The first-order chi connectivity index (χ1) is 6.97. The maximum Gasteiger partial charge on any atom is 0.151 e. The van der Waals surface area contributed by atoms with Gasteiger partial charge in [-0.1, -0.05) is 19.1 Å². The van der Waals surface area contributed by atoms with Gasteiger partial charge in [-0.05, 0) is 0 Å². The van der Waals surface area contributed by atoms with Crippen molar-refractivity contribution in [2.45, 2.75) is 26.2 Å². The molecule has 0 aromatic heterocycles. The van der Waals surface area contributed by atoms with Crippen LogP contribution < -0.4 is 5.73 Å². The van der Waals surface area contributed by atoms with Gasteiger partial charge in [-0.25, -0.2) is 0 Å². The minimum absolute atomic E-state index is 0.122. The lowest BCUT2D eigenvalue weighted by Gasteiger charge is -2.24. The van der Waals surface area contributed by atoms with Crippen molar-refractivity contribution in [1.82, 2.24) is 0 Å². The van der Waals surface area contributed by atoms with Gasteiger partial charge in [0.15, 0.2) is 17.3 Å². The van der Waals surface area contributed by atoms with Crippen LogP contribution in [0.2, 0.25) is 0 Å². The third-order valence-electron chi connectivity index (χ3n) is 2.61. The Bertz CT molecular complexity index is 320. The summed E-state index contributed by atoms with van der Waals surface area (Å²) in [5.74, 6) is -2.39. The number of carbonyl (C=O) groups is 3. The van der Waals surface area contributed by atoms with Gasteiger partial charge in [0.2, 0.25) is 0 Å². The second kappa shape index (κ2) is 4.61. The molecule has 4 nitrogen and oxygen atoms in total. The minimum atomic E-state index is -1.06. The van der Waals surface area contributed by atoms with E-state index in [9.17, 15) is 14.4 Å². The van der Waals surface area contributed by atoms with E-state index in [2.05, 4.69) is 0 Å². The maximum atomic E-state index is 11.6. The standard InChI is InChI=1S/C10H13NO3S/c1-2-6(12)9-7(13)3-5(10(11)15)4-8(9)14/h5,9H,2-4H2,1H3,(H2,11,15). The van der Waals surface area contributed by atoms with Crippen molar-refractivity contribution in [2.24, 2.45) is 17.6 Å². The molecule has 0 unspecified atom stereocenters. The average molecular weight is 227 g/mol. The summed E-state index contributed by atoms with van der Waals surface area (Å²) >= 11 is 4.74. The molecular weight excluding hydrogens is 214 g/mol. The zero-order valence-corrected chi connectivity index (χ0v) is 9.30. The van der Waals surface area contributed by atoms with E-state index >= 15 is 0 Å². The van der Waals surface area contributed by atoms with Gasteiger partial charge in [-0.3, -0.25) is 14.4 Å². The highest BCUT2D eigenvalue weighted by molar-refractivity contribution is 7.80. The van der Waals surface area contributed by atoms with Crippen LogP contribution in [0.4, 0.5) is 0 Å². The fraction of sp³-hybridized carbons (Fsp3) is 0.600. The molecule has 0 aromatic carbocycles. The summed E-state index contributed by atoms with van der Waals surface area (Å²) in [4.78, 5) is 34.7. The van der Waals surface area contributed by atoms with Crippen LogP contribution in [0.3, 0.4) is 0 Å². The van der Waals surface area contributed by atoms with E-state index in [1.54, 1.807) is 6.92 Å². The van der Waals surface area contributed by atoms with E-state index in [0.717, 1.165) is 0 Å². The molecule has 15 heavy (non-hydrogen) atoms. The van der Waals surface area contributed by atoms with E-state index in [1.807, 2.05) is 0 Å². The molecule has 82 valence electrons. The zero-order valence-electron chi connectivity index (χ0n) is 8.49. The Morgan fingerprint density at radius 1 is 1.40 bits per heavy atom. The van der Waals surface area contributed by atoms with E-state index < -0.39 is 5.92 Å². The predicted octanol–water partition coefficient (Wildman–Crippen LogP) is 0.416. The molecule has 0 heterocycles. The lowest BCUT2D eigenvalue weighted by Crippen LogP contribution is -2.41. The molecule has 0 saturated heterocycles. The van der Waals surface area contributed by atoms with Crippen molar-refractivity contribution in [3.05, 3.63) is 0 Å². The van der Waals surface area contributed by atoms with Gasteiger partial charge < -0.3 is 5.73 Å². The minimum Gasteiger partial charge on any atom is -0.393 e. The molecule has 0 amide bonds. The first-order valence-electron chi connectivity index (χ1n) is 4.84. The number of hydrogen-bond acceptors (Lipinski definition) is 4. The van der Waals surface area contributed by atoms with Crippen LogP contribution in [-0.2, 0) is 14.4 Å². The Balaban J connectivity index is 2.82. The monoisotopic (exact) mass is 227 g/mol. The smallest absolute Gasteiger partial charge is 0.151 e. The largest absolute Gasteiger partial charge is 0.393 e. The molecule has 5 heteroatoms. The number of hydrogen-bond donors (Lipinski definition) is 1. The summed E-state index contributed by atoms with van der Waals surface area (Å²) in [6, 6.07) is 0. The summed E-state index contributed by atoms with van der Waals surface area (Å²) in [6.07, 6.45) is 0.453. The third-order valence-corrected chi connectivity index (χ3v) is 2.95. The van der Waals surface area contributed by atoms with Gasteiger partial charge in [0.25, 0.3) is 0 Å². The molecule has 1 aliphatic rings. The molecule has 0 radical (unpaired) electrons. The highest BCUT2D eigenvalue weighted by atomic mass is 32.1. The van der Waals surface area contributed by atoms with Gasteiger partial charge in [-0.15, -0.1) is 0 Å². The zero-order chi connectivity index (χ0) is 11.6. The molecular formula is C10H13NO3S. The first-order valence-corrected chi connectivity index (χ1v) is 5.25. The van der Waals surface area contributed by atoms with Crippen LogP contribution in [0, 0.1) is 11.8 Å². The lowest BCUT2D eigenvalue weighted by molar-refractivity contribution is -0.142. The number of thiocarbonyl (C=S) groups is 1. The van der Waals surface area contributed by atoms with Crippen molar-refractivity contribution in [2.75, 3.05) is 0 Å². The SMILES string of the molecule is CCC(=O)C1C(=O)CC(C(N)=S)CC1=O. The van der Waals surface area contributed by atoms with Gasteiger partial charge in [0.05, 0.1) is 4.99 Å². The fourth-order valence-electron chi connectivity index (χ4n) is 1.74. The van der Waals surface area contributed by atoms with Crippen molar-refractivity contribution < 1.29 is 14.4 Å². The predicted molar refractivity (Wildman–Crippen MR) is 58.3 cm³/mol. The van der Waals surface area contributed by atoms with Gasteiger partial charge in [0.1, 0.15) is 5.92 Å². The van der Waals surface area contributed by atoms with Crippen LogP contribution in [-0.4, -0.2) is 22.3 Å². The van der Waals surface area contributed by atoms with Crippen molar-refractivity contribution in [1.29, 1.82) is 0 Å². The van der Waals surface area contributed by atoms with Crippen LogP contribution in [0.5, 0.6) is 0 Å². The third kappa shape index (κ3) is 2.47. The number of rotatable bonds is 3. The summed E-state index contributed by atoms with van der Waals surface area (Å²) in [5.41, 5.74) is 5.39. The quantitative estimate of drug-likeness (QED) is 0.558. The van der Waals surface area contributed by atoms with Crippen molar-refractivity contribution >= 4 is 34.6 Å². The van der Waals surface area contributed by atoms with Crippen LogP contribution >= 0.6 is 12.2 Å². The van der Waals surface area contributed by atoms with E-state index in [4.69, 9.17) is 18.0 Å². The van der Waals surface area contributed by atoms with E-state index in [1.165, 1.54) is 0 Å². The van der Waals surface area contributed by atoms with E-state index in [-0.39, 0.29) is 47.5 Å². The highest BCUT2D eigenvalue weighted by Gasteiger charge is 2.39. The second-order valence-electron chi connectivity index (χ2n) is 3.69. The fourth-order valence-corrected chi connectivity index (χ4v) is 1.90. The molecule has 1 aliphatic carbocycles. The Morgan fingerprint density at radius 3 is 2.20 bits per heavy atom. The molecule has 0 bridgehead atoms. The lowest BCUT2D eigenvalue weighted by atomic mass is 9.77. The maximum absolute atomic E-state index is 11.6. The summed E-state index contributed by atoms with van der Waals surface area (Å²) in [5, 5.41) is 0. The van der Waals surface area contributed by atoms with E-state index in [0.29, 0.717) is 0 Å². The van der Waals surface area contributed by atoms with Crippen LogP contribution in [0.25, 0.3) is 0 Å². The van der Waals surface area contributed by atoms with Crippen LogP contribution in [0.15, 0.2) is 0 Å². The number of Topliss-reactive ketones (excluding diaryl/α,β-unsaturated/α-hetero) is 3. The number of ketones is 3. The number of carbonyl (C=O) groups excluding carboxylic acids is 3. The Labute approximate surface area is 93.2 Å². The van der Waals surface area contributed by atoms with Crippen molar-refractivity contribution in [3.63, 3.8) is 0 Å².